The minimum atomic E-state index is 0.165. The van der Waals surface area contributed by atoms with Crippen LogP contribution in [0.4, 0.5) is 0 Å². The molecule has 1 aromatic carbocycles. The monoisotopic (exact) mass is 245 g/mol. The highest BCUT2D eigenvalue weighted by Gasteiger charge is 2.43. The maximum absolute atomic E-state index is 9.81. The van der Waals surface area contributed by atoms with Crippen molar-refractivity contribution in [3.05, 3.63) is 29.3 Å². The molecule has 3 atom stereocenters. The van der Waals surface area contributed by atoms with Crippen LogP contribution in [0.5, 0.6) is 5.75 Å². The molecule has 2 bridgehead atoms. The molecule has 0 heterocycles. The standard InChI is InChI=1S/C16H23NO/c1-2-16-8-4-3-5-11(10-16)15(17)13-7-6-12(18)9-14(13)16/h6-7,9,11,15,18H,2-5,8,10,17H2,1H3/t11?,15?,16-/m1/s1. The van der Waals surface area contributed by atoms with Gasteiger partial charge in [0, 0.05) is 6.04 Å². The van der Waals surface area contributed by atoms with Gasteiger partial charge in [-0.2, -0.15) is 0 Å². The lowest BCUT2D eigenvalue weighted by atomic mass is 9.62. The Balaban J connectivity index is 2.18. The van der Waals surface area contributed by atoms with E-state index in [1.165, 1.54) is 43.2 Å². The van der Waals surface area contributed by atoms with E-state index in [0.29, 0.717) is 11.7 Å². The summed E-state index contributed by atoms with van der Waals surface area (Å²) in [5, 5.41) is 9.81. The summed E-state index contributed by atoms with van der Waals surface area (Å²) >= 11 is 0. The van der Waals surface area contributed by atoms with Gasteiger partial charge in [0.1, 0.15) is 5.75 Å². The van der Waals surface area contributed by atoms with Crippen molar-refractivity contribution in [1.29, 1.82) is 0 Å². The van der Waals surface area contributed by atoms with Gasteiger partial charge in [-0.05, 0) is 60.3 Å². The summed E-state index contributed by atoms with van der Waals surface area (Å²) < 4.78 is 0. The first-order valence-corrected chi connectivity index (χ1v) is 7.25. The van der Waals surface area contributed by atoms with Crippen molar-refractivity contribution in [2.45, 2.75) is 56.9 Å². The summed E-state index contributed by atoms with van der Waals surface area (Å²) in [5.41, 5.74) is 9.33. The fourth-order valence-electron chi connectivity index (χ4n) is 4.19. The van der Waals surface area contributed by atoms with Crippen molar-refractivity contribution in [2.75, 3.05) is 0 Å². The Morgan fingerprint density at radius 3 is 3.00 bits per heavy atom. The normalized spacial score (nSPS) is 34.8. The molecule has 2 nitrogen and oxygen atoms in total. The van der Waals surface area contributed by atoms with E-state index in [9.17, 15) is 5.11 Å². The van der Waals surface area contributed by atoms with Crippen LogP contribution >= 0.6 is 0 Å². The summed E-state index contributed by atoms with van der Waals surface area (Å²) in [7, 11) is 0. The lowest BCUT2D eigenvalue weighted by Gasteiger charge is -2.43. The molecule has 2 unspecified atom stereocenters. The fraction of sp³-hybridized carbons (Fsp3) is 0.625. The van der Waals surface area contributed by atoms with E-state index in [2.05, 4.69) is 13.0 Å². The molecule has 0 saturated heterocycles. The van der Waals surface area contributed by atoms with Crippen LogP contribution in [0.1, 0.15) is 62.6 Å². The van der Waals surface area contributed by atoms with E-state index in [-0.39, 0.29) is 11.5 Å². The Morgan fingerprint density at radius 2 is 2.22 bits per heavy atom. The van der Waals surface area contributed by atoms with Crippen molar-refractivity contribution in [3.8, 4) is 5.75 Å². The number of benzene rings is 1. The SMILES string of the molecule is CC[C@@]12CCCCC(C1)C(N)c1ccc(O)cc12. The molecule has 98 valence electrons. The minimum Gasteiger partial charge on any atom is -0.508 e. The highest BCUT2D eigenvalue weighted by atomic mass is 16.3. The number of hydrogen-bond acceptors (Lipinski definition) is 2. The van der Waals surface area contributed by atoms with Crippen LogP contribution in [-0.2, 0) is 5.41 Å². The Labute approximate surface area is 109 Å². The van der Waals surface area contributed by atoms with Gasteiger partial charge in [-0.25, -0.2) is 0 Å². The van der Waals surface area contributed by atoms with Gasteiger partial charge >= 0.3 is 0 Å². The van der Waals surface area contributed by atoms with Crippen LogP contribution in [0, 0.1) is 5.92 Å². The van der Waals surface area contributed by atoms with Gasteiger partial charge in [0.15, 0.2) is 0 Å². The van der Waals surface area contributed by atoms with Crippen LogP contribution in [0.25, 0.3) is 0 Å². The highest BCUT2D eigenvalue weighted by molar-refractivity contribution is 5.44. The number of fused-ring (bicyclic) bond motifs is 4. The molecule has 2 aliphatic carbocycles. The van der Waals surface area contributed by atoms with E-state index in [4.69, 9.17) is 5.73 Å². The van der Waals surface area contributed by atoms with Crippen molar-refractivity contribution in [3.63, 3.8) is 0 Å². The van der Waals surface area contributed by atoms with Crippen molar-refractivity contribution in [2.24, 2.45) is 11.7 Å². The minimum absolute atomic E-state index is 0.165. The number of phenolic OH excluding ortho intramolecular Hbond substituents is 1. The van der Waals surface area contributed by atoms with Crippen LogP contribution in [0.15, 0.2) is 18.2 Å². The van der Waals surface area contributed by atoms with Crippen LogP contribution < -0.4 is 5.73 Å². The second-order valence-electron chi connectivity index (χ2n) is 6.14. The Hall–Kier alpha value is -1.02. The quantitative estimate of drug-likeness (QED) is 0.793. The number of aromatic hydroxyl groups is 1. The topological polar surface area (TPSA) is 46.2 Å². The summed E-state index contributed by atoms with van der Waals surface area (Å²) in [5.74, 6) is 1.01. The van der Waals surface area contributed by atoms with E-state index in [1.807, 2.05) is 6.07 Å². The van der Waals surface area contributed by atoms with E-state index >= 15 is 0 Å². The summed E-state index contributed by atoms with van der Waals surface area (Å²) in [6.07, 6.45) is 7.49. The molecule has 3 N–H and O–H groups in total. The molecule has 2 heteroatoms. The zero-order chi connectivity index (χ0) is 12.8. The van der Waals surface area contributed by atoms with Gasteiger partial charge in [0.25, 0.3) is 0 Å². The first-order valence-electron chi connectivity index (χ1n) is 7.25. The van der Waals surface area contributed by atoms with Crippen LogP contribution in [-0.4, -0.2) is 5.11 Å². The Bertz CT molecular complexity index is 456. The second-order valence-corrected chi connectivity index (χ2v) is 6.14. The Kier molecular flexibility index (Phi) is 2.86. The predicted molar refractivity (Wildman–Crippen MR) is 73.6 cm³/mol. The lowest BCUT2D eigenvalue weighted by Crippen LogP contribution is -2.38. The number of rotatable bonds is 1. The summed E-state index contributed by atoms with van der Waals surface area (Å²) in [6.45, 7) is 2.28. The number of hydrogen-bond donors (Lipinski definition) is 2. The third-order valence-electron chi connectivity index (χ3n) is 5.29. The fourth-order valence-corrected chi connectivity index (χ4v) is 4.19. The molecule has 0 amide bonds. The first kappa shape index (κ1) is 12.0. The van der Waals surface area contributed by atoms with Gasteiger partial charge < -0.3 is 10.8 Å². The average molecular weight is 245 g/mol. The summed E-state index contributed by atoms with van der Waals surface area (Å²) in [6, 6.07) is 5.98. The molecule has 2 aliphatic rings. The third kappa shape index (κ3) is 1.66. The molecule has 0 radical (unpaired) electrons. The van der Waals surface area contributed by atoms with Gasteiger partial charge in [-0.15, -0.1) is 0 Å². The maximum Gasteiger partial charge on any atom is 0.115 e. The van der Waals surface area contributed by atoms with Crippen LogP contribution in [0.2, 0.25) is 0 Å². The molecule has 0 aromatic heterocycles. The maximum atomic E-state index is 9.81. The third-order valence-corrected chi connectivity index (χ3v) is 5.29. The van der Waals surface area contributed by atoms with Gasteiger partial charge in [-0.1, -0.05) is 25.8 Å². The molecule has 18 heavy (non-hydrogen) atoms. The molecular weight excluding hydrogens is 222 g/mol. The molecule has 1 saturated carbocycles. The van der Waals surface area contributed by atoms with Crippen molar-refractivity contribution in [1.82, 2.24) is 0 Å². The van der Waals surface area contributed by atoms with E-state index < -0.39 is 0 Å². The highest BCUT2D eigenvalue weighted by Crippen LogP contribution is 2.52. The molecule has 3 rings (SSSR count). The smallest absolute Gasteiger partial charge is 0.115 e. The zero-order valence-corrected chi connectivity index (χ0v) is 11.2. The molecule has 1 aromatic rings. The second kappa shape index (κ2) is 4.27. The van der Waals surface area contributed by atoms with E-state index in [1.54, 1.807) is 6.07 Å². The van der Waals surface area contributed by atoms with Crippen molar-refractivity contribution < 1.29 is 5.11 Å². The van der Waals surface area contributed by atoms with Gasteiger partial charge in [-0.3, -0.25) is 0 Å². The zero-order valence-electron chi connectivity index (χ0n) is 11.2. The van der Waals surface area contributed by atoms with Crippen LogP contribution in [0.3, 0.4) is 0 Å². The van der Waals surface area contributed by atoms with E-state index in [0.717, 1.165) is 6.42 Å². The van der Waals surface area contributed by atoms with Crippen molar-refractivity contribution >= 4 is 0 Å². The number of nitrogens with two attached hydrogens (primary N) is 1. The lowest BCUT2D eigenvalue weighted by molar-refractivity contribution is 0.246. The number of phenols is 1. The largest absolute Gasteiger partial charge is 0.508 e. The average Bonchev–Trinajstić information content (AvgIpc) is 2.58. The first-order chi connectivity index (χ1) is 8.66. The predicted octanol–water partition coefficient (Wildman–Crippen LogP) is 3.63. The molecule has 1 fully saturated rings. The molecule has 0 spiro atoms. The molecule has 0 aliphatic heterocycles. The van der Waals surface area contributed by atoms with Gasteiger partial charge in [0.05, 0.1) is 0 Å². The summed E-state index contributed by atoms with van der Waals surface area (Å²) in [4.78, 5) is 0. The molecular formula is C16H23NO. The Morgan fingerprint density at radius 1 is 1.39 bits per heavy atom. The van der Waals surface area contributed by atoms with Gasteiger partial charge in [0.2, 0.25) is 0 Å².